The second kappa shape index (κ2) is 1.99. The molecule has 0 N–H and O–H groups in total. The molecule has 0 atom stereocenters. The summed E-state index contributed by atoms with van der Waals surface area (Å²) in [4.78, 5) is 0. The Morgan fingerprint density at radius 1 is 1.29 bits per heavy atom. The van der Waals surface area contributed by atoms with Crippen molar-refractivity contribution < 1.29 is 0 Å². The normalized spacial score (nSPS) is 8.71. The number of halogens is 1. The van der Waals surface area contributed by atoms with Crippen molar-refractivity contribution in [3.63, 3.8) is 0 Å². The predicted molar refractivity (Wildman–Crippen MR) is 28.0 cm³/mol. The molecule has 0 saturated carbocycles. The van der Waals surface area contributed by atoms with Gasteiger partial charge < -0.3 is 0 Å². The number of benzene rings is 1. The number of rotatable bonds is 0. The van der Waals surface area contributed by atoms with Crippen molar-refractivity contribution in [1.82, 2.24) is 0 Å². The highest BCUT2D eigenvalue weighted by Crippen LogP contribution is 2.01. The van der Waals surface area contributed by atoms with E-state index >= 15 is 0 Å². The van der Waals surface area contributed by atoms with Crippen LogP contribution < -0.4 is 0 Å². The summed E-state index contributed by atoms with van der Waals surface area (Å²) >= 11 is 5.41. The molecule has 1 heteroatoms. The Bertz CT molecular complexity index is 134. The molecular weight excluding hydrogens is 108 g/mol. The van der Waals surface area contributed by atoms with Crippen molar-refractivity contribution in [3.05, 3.63) is 35.4 Å². The number of hydrogen-bond donors (Lipinski definition) is 0. The highest BCUT2D eigenvalue weighted by Gasteiger charge is 1.77. The maximum Gasteiger partial charge on any atom is 0.0564 e. The van der Waals surface area contributed by atoms with Crippen LogP contribution in [0.25, 0.3) is 0 Å². The minimum Gasteiger partial charge on any atom is -0.0830 e. The zero-order valence-electron chi connectivity index (χ0n) is 3.53. The Balaban J connectivity index is 3.02. The van der Waals surface area contributed by atoms with Gasteiger partial charge in [0.15, 0.2) is 0 Å². The van der Waals surface area contributed by atoms with Gasteiger partial charge in [0.25, 0.3) is 0 Å². The van der Waals surface area contributed by atoms with Crippen molar-refractivity contribution in [2.45, 2.75) is 0 Å². The van der Waals surface area contributed by atoms with Gasteiger partial charge in [0.2, 0.25) is 0 Å². The summed E-state index contributed by atoms with van der Waals surface area (Å²) in [7, 11) is 0. The van der Waals surface area contributed by atoms with Crippen LogP contribution in [0.4, 0.5) is 0 Å². The molecular formula is C6H2Cl. The smallest absolute Gasteiger partial charge is 0.0564 e. The van der Waals surface area contributed by atoms with E-state index < -0.39 is 0 Å². The highest BCUT2D eigenvalue weighted by atomic mass is 35.5. The van der Waals surface area contributed by atoms with Crippen LogP contribution in [-0.4, -0.2) is 0 Å². The summed E-state index contributed by atoms with van der Waals surface area (Å²) in [5, 5.41) is 0.513. The first-order valence-electron chi connectivity index (χ1n) is 1.84. The number of hydrogen-bond acceptors (Lipinski definition) is 0. The Kier molecular flexibility index (Phi) is 1.32. The van der Waals surface area contributed by atoms with Crippen molar-refractivity contribution in [3.8, 4) is 0 Å². The minimum atomic E-state index is 0.513. The van der Waals surface area contributed by atoms with E-state index in [1.54, 1.807) is 12.1 Å². The fourth-order valence-electron chi connectivity index (χ4n) is 0.293. The maximum atomic E-state index is 5.41. The van der Waals surface area contributed by atoms with E-state index in [0.717, 1.165) is 0 Å². The van der Waals surface area contributed by atoms with Crippen LogP contribution in [0.3, 0.4) is 0 Å². The Hall–Kier alpha value is -0.490. The third kappa shape index (κ3) is 1.20. The van der Waals surface area contributed by atoms with Crippen LogP contribution in [0.2, 0.25) is 5.02 Å². The van der Waals surface area contributed by atoms with Gasteiger partial charge in [-0.1, -0.05) is 11.6 Å². The molecule has 0 fully saturated rings. The molecule has 0 spiro atoms. The summed E-state index contributed by atoms with van der Waals surface area (Å²) < 4.78 is 0. The molecule has 0 nitrogen and oxygen atoms in total. The largest absolute Gasteiger partial charge is 0.0830 e. The van der Waals surface area contributed by atoms with Crippen LogP contribution in [0.5, 0.6) is 0 Å². The highest BCUT2D eigenvalue weighted by molar-refractivity contribution is 6.30. The summed E-state index contributed by atoms with van der Waals surface area (Å²) in [6.45, 7) is 0. The lowest BCUT2D eigenvalue weighted by Gasteiger charge is -1.77. The van der Waals surface area contributed by atoms with Gasteiger partial charge in [-0.25, -0.2) is 0 Å². The van der Waals surface area contributed by atoms with Crippen LogP contribution in [-0.2, 0) is 0 Å². The molecule has 0 amide bonds. The van der Waals surface area contributed by atoms with Gasteiger partial charge in [-0.2, -0.15) is 0 Å². The SMILES string of the molecule is Clc1[c]c[c]c[c]1. The van der Waals surface area contributed by atoms with Crippen LogP contribution in [0, 0.1) is 18.2 Å². The van der Waals surface area contributed by atoms with E-state index in [0.29, 0.717) is 5.02 Å². The fraction of sp³-hybridized carbons (Fsp3) is 0. The molecule has 1 aromatic carbocycles. The van der Waals surface area contributed by atoms with Crippen LogP contribution in [0.15, 0.2) is 12.1 Å². The lowest BCUT2D eigenvalue weighted by Crippen LogP contribution is -1.58. The average Bonchev–Trinajstić information content (AvgIpc) is 1.69. The Morgan fingerprint density at radius 2 is 1.86 bits per heavy atom. The molecule has 0 aliphatic heterocycles. The topological polar surface area (TPSA) is 0 Å². The van der Waals surface area contributed by atoms with Gasteiger partial charge >= 0.3 is 0 Å². The van der Waals surface area contributed by atoms with Gasteiger partial charge in [-0.3, -0.25) is 0 Å². The second-order valence-electron chi connectivity index (χ2n) is 1.06. The molecule has 7 heavy (non-hydrogen) atoms. The summed E-state index contributed by atoms with van der Waals surface area (Å²) in [6, 6.07) is 11.4. The molecule has 0 aromatic heterocycles. The van der Waals surface area contributed by atoms with Crippen molar-refractivity contribution in [1.29, 1.82) is 0 Å². The van der Waals surface area contributed by atoms with Crippen molar-refractivity contribution in [2.24, 2.45) is 0 Å². The van der Waals surface area contributed by atoms with Gasteiger partial charge in [-0.05, 0) is 18.2 Å². The molecule has 0 aliphatic rings. The first-order valence-corrected chi connectivity index (χ1v) is 2.22. The van der Waals surface area contributed by atoms with E-state index in [4.69, 9.17) is 11.6 Å². The molecule has 0 unspecified atom stereocenters. The van der Waals surface area contributed by atoms with E-state index in [1.165, 1.54) is 0 Å². The molecule has 33 valence electrons. The molecule has 0 saturated heterocycles. The maximum absolute atomic E-state index is 5.41. The second-order valence-corrected chi connectivity index (χ2v) is 1.44. The molecule has 1 rings (SSSR count). The lowest BCUT2D eigenvalue weighted by atomic mass is 10.4. The molecule has 0 heterocycles. The van der Waals surface area contributed by atoms with E-state index in [-0.39, 0.29) is 0 Å². The Labute approximate surface area is 47.7 Å². The lowest BCUT2D eigenvalue weighted by molar-refractivity contribution is 1.66. The third-order valence-electron chi connectivity index (χ3n) is 0.564. The van der Waals surface area contributed by atoms with Gasteiger partial charge in [0, 0.05) is 12.1 Å². The average molecular weight is 110 g/mol. The van der Waals surface area contributed by atoms with E-state index in [2.05, 4.69) is 18.2 Å². The molecule has 0 aliphatic carbocycles. The molecule has 3 radical (unpaired) electrons. The van der Waals surface area contributed by atoms with Crippen LogP contribution in [0.1, 0.15) is 0 Å². The van der Waals surface area contributed by atoms with E-state index in [9.17, 15) is 0 Å². The van der Waals surface area contributed by atoms with Gasteiger partial charge in [0.05, 0.1) is 5.02 Å². The summed E-state index contributed by atoms with van der Waals surface area (Å²) in [6.07, 6.45) is 0. The summed E-state index contributed by atoms with van der Waals surface area (Å²) in [5.41, 5.74) is 0. The van der Waals surface area contributed by atoms with Crippen LogP contribution >= 0.6 is 11.6 Å². The zero-order chi connectivity index (χ0) is 5.11. The quantitative estimate of drug-likeness (QED) is 0.476. The molecule has 0 bridgehead atoms. The zero-order valence-corrected chi connectivity index (χ0v) is 4.29. The summed E-state index contributed by atoms with van der Waals surface area (Å²) in [5.74, 6) is 0. The standard InChI is InChI=1S/C6H2Cl/c7-6-4-2-1-3-5-6/h2-3H. The monoisotopic (exact) mass is 109 g/mol. The van der Waals surface area contributed by atoms with Gasteiger partial charge in [-0.15, -0.1) is 0 Å². The minimum absolute atomic E-state index is 0.513. The van der Waals surface area contributed by atoms with E-state index in [1.807, 2.05) is 0 Å². The fourth-order valence-corrected chi connectivity index (χ4v) is 0.402. The van der Waals surface area contributed by atoms with Crippen molar-refractivity contribution in [2.75, 3.05) is 0 Å². The molecule has 1 aromatic rings. The first kappa shape index (κ1) is 4.66. The van der Waals surface area contributed by atoms with Crippen molar-refractivity contribution >= 4 is 11.6 Å². The third-order valence-corrected chi connectivity index (χ3v) is 0.783. The van der Waals surface area contributed by atoms with Gasteiger partial charge in [0.1, 0.15) is 0 Å². The predicted octanol–water partition coefficient (Wildman–Crippen LogP) is 1.74. The Morgan fingerprint density at radius 3 is 2.14 bits per heavy atom. The first-order chi connectivity index (χ1) is 3.39.